The number of nitrogens with zero attached hydrogens (tertiary/aromatic N) is 6. The molecule has 1 atom stereocenters. The quantitative estimate of drug-likeness (QED) is 0.351. The van der Waals surface area contributed by atoms with Crippen LogP contribution in [0.2, 0.25) is 0 Å². The highest BCUT2D eigenvalue weighted by Crippen LogP contribution is 2.27. The molecule has 5 aromatic rings. The number of benzene rings is 1. The minimum atomic E-state index is -0.473. The van der Waals surface area contributed by atoms with Crippen molar-refractivity contribution in [2.45, 2.75) is 26.3 Å². The second-order valence-corrected chi connectivity index (χ2v) is 8.41. The number of aromatic nitrogens is 6. The van der Waals surface area contributed by atoms with Crippen molar-refractivity contribution in [2.75, 3.05) is 11.9 Å². The molecule has 0 aliphatic carbocycles. The van der Waals surface area contributed by atoms with Crippen LogP contribution < -0.4 is 10.9 Å². The van der Waals surface area contributed by atoms with Gasteiger partial charge in [-0.1, -0.05) is 6.07 Å². The molecule has 0 aliphatic heterocycles. The third-order valence-corrected chi connectivity index (χ3v) is 5.96. The van der Waals surface area contributed by atoms with Gasteiger partial charge in [-0.15, -0.1) is 0 Å². The lowest BCUT2D eigenvalue weighted by molar-refractivity contribution is 0.0519. The first-order valence-electron chi connectivity index (χ1n) is 11.6. The van der Waals surface area contributed by atoms with Gasteiger partial charge in [0.05, 0.1) is 30.1 Å². The molecule has 4 heterocycles. The SMILES string of the molecule is CCOC(=O)c1cc(Cc2ccc3c(c2)c(NC(C)c2ncccn2)cc(=O)n3C)n2nccc2n1. The Morgan fingerprint density at radius 3 is 2.69 bits per heavy atom. The van der Waals surface area contributed by atoms with Gasteiger partial charge in [-0.25, -0.2) is 24.3 Å². The van der Waals surface area contributed by atoms with Gasteiger partial charge in [0.25, 0.3) is 5.56 Å². The molecular weight excluding hydrogens is 458 g/mol. The van der Waals surface area contributed by atoms with Crippen LogP contribution in [0.3, 0.4) is 0 Å². The first kappa shape index (κ1) is 23.2. The van der Waals surface area contributed by atoms with Crippen molar-refractivity contribution in [3.63, 3.8) is 0 Å². The molecule has 182 valence electrons. The Morgan fingerprint density at radius 2 is 1.92 bits per heavy atom. The van der Waals surface area contributed by atoms with Crippen molar-refractivity contribution in [1.29, 1.82) is 0 Å². The minimum absolute atomic E-state index is 0.120. The van der Waals surface area contributed by atoms with Crippen LogP contribution in [-0.2, 0) is 18.2 Å². The van der Waals surface area contributed by atoms with E-state index < -0.39 is 5.97 Å². The maximum atomic E-state index is 12.6. The molecule has 0 saturated carbocycles. The molecule has 0 bridgehead atoms. The van der Waals surface area contributed by atoms with Crippen molar-refractivity contribution in [3.05, 3.63) is 94.2 Å². The Kier molecular flexibility index (Phi) is 6.16. The topological polar surface area (TPSA) is 116 Å². The summed E-state index contributed by atoms with van der Waals surface area (Å²) >= 11 is 0. The van der Waals surface area contributed by atoms with Gasteiger partial charge in [0.2, 0.25) is 0 Å². The van der Waals surface area contributed by atoms with Gasteiger partial charge in [0, 0.05) is 49.1 Å². The number of carbonyl (C=O) groups excluding carboxylic acids is 1. The van der Waals surface area contributed by atoms with E-state index in [-0.39, 0.29) is 23.9 Å². The number of hydrogen-bond acceptors (Lipinski definition) is 8. The lowest BCUT2D eigenvalue weighted by Crippen LogP contribution is -2.19. The number of ether oxygens (including phenoxy) is 1. The van der Waals surface area contributed by atoms with E-state index in [2.05, 4.69) is 25.4 Å². The van der Waals surface area contributed by atoms with Crippen molar-refractivity contribution < 1.29 is 9.53 Å². The van der Waals surface area contributed by atoms with Crippen molar-refractivity contribution in [1.82, 2.24) is 29.1 Å². The molecule has 5 rings (SSSR count). The molecule has 1 unspecified atom stereocenters. The zero-order chi connectivity index (χ0) is 25.2. The molecule has 1 aromatic carbocycles. The van der Waals surface area contributed by atoms with E-state index in [0.29, 0.717) is 23.6 Å². The molecule has 0 aliphatic rings. The normalized spacial score (nSPS) is 12.1. The van der Waals surface area contributed by atoms with E-state index in [1.165, 1.54) is 0 Å². The summed E-state index contributed by atoms with van der Waals surface area (Å²) in [5, 5.41) is 8.65. The predicted molar refractivity (Wildman–Crippen MR) is 135 cm³/mol. The van der Waals surface area contributed by atoms with Crippen LogP contribution in [0.4, 0.5) is 5.69 Å². The number of carbonyl (C=O) groups is 1. The van der Waals surface area contributed by atoms with Crippen LogP contribution in [0.15, 0.2) is 65.8 Å². The first-order valence-corrected chi connectivity index (χ1v) is 11.6. The largest absolute Gasteiger partial charge is 0.461 e. The summed E-state index contributed by atoms with van der Waals surface area (Å²) in [4.78, 5) is 38.0. The van der Waals surface area contributed by atoms with Crippen LogP contribution in [0.25, 0.3) is 16.6 Å². The van der Waals surface area contributed by atoms with E-state index in [0.717, 1.165) is 22.2 Å². The fourth-order valence-electron chi connectivity index (χ4n) is 4.19. The molecule has 0 amide bonds. The second-order valence-electron chi connectivity index (χ2n) is 8.41. The van der Waals surface area contributed by atoms with Crippen LogP contribution in [-0.4, -0.2) is 41.7 Å². The summed E-state index contributed by atoms with van der Waals surface area (Å²) in [6.45, 7) is 3.98. The first-order chi connectivity index (χ1) is 17.4. The lowest BCUT2D eigenvalue weighted by atomic mass is 10.0. The third-order valence-electron chi connectivity index (χ3n) is 5.96. The molecule has 0 radical (unpaired) electrons. The number of hydrogen-bond donors (Lipinski definition) is 1. The second kappa shape index (κ2) is 9.57. The Hall–Kier alpha value is -4.60. The van der Waals surface area contributed by atoms with Gasteiger partial charge in [-0.3, -0.25) is 4.79 Å². The standard InChI is InChI=1S/C26H25N7O3/c1-4-36-26(35)21-14-18(33-23(31-21)8-11-29-33)12-17-6-7-22-19(13-17)20(15-24(34)32(22)3)30-16(2)25-27-9-5-10-28-25/h5-11,13-16,30H,4,12H2,1-3H3. The molecule has 0 fully saturated rings. The Balaban J connectivity index is 1.56. The summed E-state index contributed by atoms with van der Waals surface area (Å²) < 4.78 is 8.47. The van der Waals surface area contributed by atoms with Crippen molar-refractivity contribution in [2.24, 2.45) is 7.05 Å². The fraction of sp³-hybridized carbons (Fsp3) is 0.231. The predicted octanol–water partition coefficient (Wildman–Crippen LogP) is 3.31. The van der Waals surface area contributed by atoms with Gasteiger partial charge in [-0.2, -0.15) is 5.10 Å². The molecule has 4 aromatic heterocycles. The number of aryl methyl sites for hydroxylation is 1. The zero-order valence-electron chi connectivity index (χ0n) is 20.2. The maximum Gasteiger partial charge on any atom is 0.357 e. The number of rotatable bonds is 7. The lowest BCUT2D eigenvalue weighted by Gasteiger charge is -2.17. The highest BCUT2D eigenvalue weighted by atomic mass is 16.5. The number of fused-ring (bicyclic) bond motifs is 2. The number of pyridine rings is 1. The van der Waals surface area contributed by atoms with Gasteiger partial charge < -0.3 is 14.6 Å². The summed E-state index contributed by atoms with van der Waals surface area (Å²) in [7, 11) is 1.75. The van der Waals surface area contributed by atoms with Crippen LogP contribution >= 0.6 is 0 Å². The summed E-state index contributed by atoms with van der Waals surface area (Å²) in [5.41, 5.74) is 3.94. The highest BCUT2D eigenvalue weighted by Gasteiger charge is 2.16. The minimum Gasteiger partial charge on any atom is -0.461 e. The average molecular weight is 484 g/mol. The highest BCUT2D eigenvalue weighted by molar-refractivity contribution is 5.92. The average Bonchev–Trinajstić information content (AvgIpc) is 3.37. The molecular formula is C26H25N7O3. The van der Waals surface area contributed by atoms with Gasteiger partial charge in [0.15, 0.2) is 11.3 Å². The molecule has 36 heavy (non-hydrogen) atoms. The maximum absolute atomic E-state index is 12.6. The molecule has 10 nitrogen and oxygen atoms in total. The fourth-order valence-corrected chi connectivity index (χ4v) is 4.19. The van der Waals surface area contributed by atoms with Gasteiger partial charge in [-0.05, 0) is 43.7 Å². The van der Waals surface area contributed by atoms with E-state index in [4.69, 9.17) is 4.74 Å². The Bertz CT molecular complexity index is 1630. The zero-order valence-corrected chi connectivity index (χ0v) is 20.2. The molecule has 0 saturated heterocycles. The Labute approximate surface area is 206 Å². The number of nitrogens with one attached hydrogen (secondary N) is 1. The van der Waals surface area contributed by atoms with E-state index in [1.807, 2.05) is 25.1 Å². The van der Waals surface area contributed by atoms with E-state index in [9.17, 15) is 9.59 Å². The molecule has 10 heteroatoms. The monoisotopic (exact) mass is 483 g/mol. The number of esters is 1. The van der Waals surface area contributed by atoms with Crippen LogP contribution in [0.5, 0.6) is 0 Å². The van der Waals surface area contributed by atoms with Crippen molar-refractivity contribution >= 4 is 28.2 Å². The van der Waals surface area contributed by atoms with Gasteiger partial charge >= 0.3 is 5.97 Å². The summed E-state index contributed by atoms with van der Waals surface area (Å²) in [5.74, 6) is 0.159. The third kappa shape index (κ3) is 4.40. The van der Waals surface area contributed by atoms with Crippen molar-refractivity contribution in [3.8, 4) is 0 Å². The van der Waals surface area contributed by atoms with Gasteiger partial charge in [0.1, 0.15) is 5.82 Å². The molecule has 1 N–H and O–H groups in total. The summed E-state index contributed by atoms with van der Waals surface area (Å²) in [6, 6.07) is 12.5. The van der Waals surface area contributed by atoms with E-state index >= 15 is 0 Å². The molecule has 0 spiro atoms. The number of anilines is 1. The summed E-state index contributed by atoms with van der Waals surface area (Å²) in [6.07, 6.45) is 5.51. The van der Waals surface area contributed by atoms with E-state index in [1.54, 1.807) is 65.9 Å². The smallest absolute Gasteiger partial charge is 0.357 e. The van der Waals surface area contributed by atoms with Crippen LogP contribution in [0.1, 0.15) is 47.5 Å². The Morgan fingerprint density at radius 1 is 1.11 bits per heavy atom. The van der Waals surface area contributed by atoms with Crippen LogP contribution in [0, 0.1) is 0 Å².